The summed E-state index contributed by atoms with van der Waals surface area (Å²) < 4.78 is 15.8. The summed E-state index contributed by atoms with van der Waals surface area (Å²) in [6.45, 7) is 5.20. The van der Waals surface area contributed by atoms with Crippen LogP contribution in [0.1, 0.15) is 18.4 Å². The molecule has 8 heteroatoms. The quantitative estimate of drug-likeness (QED) is 0.465. The van der Waals surface area contributed by atoms with E-state index in [1.165, 1.54) is 11.6 Å². The number of nitrogens with zero attached hydrogens (tertiary/aromatic N) is 5. The van der Waals surface area contributed by atoms with E-state index in [2.05, 4.69) is 25.7 Å². The minimum Gasteiger partial charge on any atom is -0.356 e. The first-order valence-electron chi connectivity index (χ1n) is 8.97. The monoisotopic (exact) mass is 359 g/mol. The molecule has 1 atom stereocenters. The summed E-state index contributed by atoms with van der Waals surface area (Å²) in [6.07, 6.45) is 7.41. The molecule has 140 valence electrons. The highest BCUT2D eigenvalue weighted by Crippen LogP contribution is 2.20. The van der Waals surface area contributed by atoms with Gasteiger partial charge in [0.2, 0.25) is 0 Å². The predicted octanol–water partition coefficient (Wildman–Crippen LogP) is 1.56. The zero-order valence-electron chi connectivity index (χ0n) is 15.3. The molecule has 0 aliphatic carbocycles. The Morgan fingerprint density at radius 3 is 3.08 bits per heavy atom. The molecule has 0 bridgehead atoms. The minimum atomic E-state index is -0.274. The maximum Gasteiger partial charge on any atom is 0.191 e. The number of hydrogen-bond donors (Lipinski definition) is 2. The number of halogens is 1. The van der Waals surface area contributed by atoms with Crippen molar-refractivity contribution in [2.45, 2.75) is 32.4 Å². The van der Waals surface area contributed by atoms with Gasteiger partial charge < -0.3 is 15.5 Å². The molecule has 1 aliphatic heterocycles. The van der Waals surface area contributed by atoms with Crippen LogP contribution >= 0.6 is 0 Å². The molecule has 1 saturated heterocycles. The van der Waals surface area contributed by atoms with E-state index in [9.17, 15) is 4.39 Å². The SMILES string of the molecule is CN=C(NCCCn1cc(C)cn1)NC1CCN(c2ncccc2F)C1. The molecular formula is C18H26FN7. The molecule has 1 fully saturated rings. The molecule has 26 heavy (non-hydrogen) atoms. The molecule has 2 aromatic heterocycles. The first kappa shape index (κ1) is 18.2. The van der Waals surface area contributed by atoms with E-state index in [1.54, 1.807) is 19.3 Å². The molecule has 0 saturated carbocycles. The maximum absolute atomic E-state index is 13.9. The zero-order chi connectivity index (χ0) is 18.4. The average Bonchev–Trinajstić information content (AvgIpc) is 3.27. The van der Waals surface area contributed by atoms with E-state index >= 15 is 0 Å². The maximum atomic E-state index is 13.9. The van der Waals surface area contributed by atoms with Gasteiger partial charge >= 0.3 is 0 Å². The van der Waals surface area contributed by atoms with Crippen LogP contribution in [0.2, 0.25) is 0 Å². The highest BCUT2D eigenvalue weighted by atomic mass is 19.1. The van der Waals surface area contributed by atoms with Crippen molar-refractivity contribution in [3.8, 4) is 0 Å². The van der Waals surface area contributed by atoms with Gasteiger partial charge in [-0.05, 0) is 37.5 Å². The molecule has 0 spiro atoms. The van der Waals surface area contributed by atoms with E-state index < -0.39 is 0 Å². The van der Waals surface area contributed by atoms with Crippen molar-refractivity contribution in [1.29, 1.82) is 0 Å². The van der Waals surface area contributed by atoms with Crippen molar-refractivity contribution < 1.29 is 4.39 Å². The molecule has 2 N–H and O–H groups in total. The summed E-state index contributed by atoms with van der Waals surface area (Å²) in [5.74, 6) is 0.925. The highest BCUT2D eigenvalue weighted by Gasteiger charge is 2.25. The van der Waals surface area contributed by atoms with Gasteiger partial charge in [0.25, 0.3) is 0 Å². The lowest BCUT2D eigenvalue weighted by Gasteiger charge is -2.20. The number of nitrogens with one attached hydrogen (secondary N) is 2. The number of aryl methyl sites for hydroxylation is 2. The van der Waals surface area contributed by atoms with Gasteiger partial charge in [-0.1, -0.05) is 0 Å². The third-order valence-corrected chi connectivity index (χ3v) is 4.41. The summed E-state index contributed by atoms with van der Waals surface area (Å²) in [5, 5.41) is 11.0. The fraction of sp³-hybridized carbons (Fsp3) is 0.500. The molecule has 1 aliphatic rings. The molecule has 2 aromatic rings. The van der Waals surface area contributed by atoms with Gasteiger partial charge in [-0.3, -0.25) is 9.67 Å². The van der Waals surface area contributed by atoms with Crippen LogP contribution in [-0.4, -0.2) is 53.4 Å². The predicted molar refractivity (Wildman–Crippen MR) is 101 cm³/mol. The molecule has 1 unspecified atom stereocenters. The van der Waals surface area contributed by atoms with Gasteiger partial charge in [0, 0.05) is 51.7 Å². The summed E-state index contributed by atoms with van der Waals surface area (Å²) in [6, 6.07) is 3.28. The zero-order valence-corrected chi connectivity index (χ0v) is 15.3. The van der Waals surface area contributed by atoms with Crippen molar-refractivity contribution in [2.75, 3.05) is 31.6 Å². The Labute approximate surface area is 153 Å². The van der Waals surface area contributed by atoms with E-state index in [4.69, 9.17) is 0 Å². The topological polar surface area (TPSA) is 70.4 Å². The van der Waals surface area contributed by atoms with Crippen molar-refractivity contribution >= 4 is 11.8 Å². The second-order valence-electron chi connectivity index (χ2n) is 6.52. The van der Waals surface area contributed by atoms with Crippen LogP contribution in [0.25, 0.3) is 0 Å². The van der Waals surface area contributed by atoms with Crippen molar-refractivity contribution in [1.82, 2.24) is 25.4 Å². The molecule has 7 nitrogen and oxygen atoms in total. The largest absolute Gasteiger partial charge is 0.356 e. The van der Waals surface area contributed by atoms with E-state index in [0.717, 1.165) is 38.4 Å². The molecule has 0 amide bonds. The fourth-order valence-corrected chi connectivity index (χ4v) is 3.11. The summed E-state index contributed by atoms with van der Waals surface area (Å²) in [7, 11) is 1.76. The van der Waals surface area contributed by atoms with Gasteiger partial charge in [0.05, 0.1) is 6.20 Å². The highest BCUT2D eigenvalue weighted by molar-refractivity contribution is 5.80. The van der Waals surface area contributed by atoms with Crippen LogP contribution in [0.15, 0.2) is 35.7 Å². The van der Waals surface area contributed by atoms with Crippen LogP contribution in [0, 0.1) is 12.7 Å². The van der Waals surface area contributed by atoms with E-state index in [1.807, 2.05) is 28.9 Å². The Morgan fingerprint density at radius 2 is 2.35 bits per heavy atom. The van der Waals surface area contributed by atoms with Crippen LogP contribution in [0.5, 0.6) is 0 Å². The lowest BCUT2D eigenvalue weighted by atomic mass is 10.3. The standard InChI is InChI=1S/C18H26FN7/c1-14-11-23-26(12-14)9-4-8-22-18(20-2)24-15-6-10-25(13-15)17-16(19)5-3-7-21-17/h3,5,7,11-12,15H,4,6,8-10,13H2,1-2H3,(H2,20,22,24). The van der Waals surface area contributed by atoms with Crippen LogP contribution in [0.4, 0.5) is 10.2 Å². The summed E-state index contributed by atoms with van der Waals surface area (Å²) in [4.78, 5) is 10.4. The third-order valence-electron chi connectivity index (χ3n) is 4.41. The van der Waals surface area contributed by atoms with E-state index in [-0.39, 0.29) is 11.9 Å². The third kappa shape index (κ3) is 4.71. The van der Waals surface area contributed by atoms with Gasteiger partial charge in [-0.2, -0.15) is 5.10 Å². The fourth-order valence-electron chi connectivity index (χ4n) is 3.11. The second-order valence-corrected chi connectivity index (χ2v) is 6.52. The Morgan fingerprint density at radius 1 is 1.46 bits per heavy atom. The average molecular weight is 359 g/mol. The molecule has 0 radical (unpaired) electrons. The molecular weight excluding hydrogens is 333 g/mol. The van der Waals surface area contributed by atoms with Crippen LogP contribution in [0.3, 0.4) is 0 Å². The Kier molecular flexibility index (Phi) is 6.04. The second kappa shape index (κ2) is 8.64. The number of pyridine rings is 1. The Bertz CT molecular complexity index is 743. The number of hydrogen-bond acceptors (Lipinski definition) is 4. The number of anilines is 1. The van der Waals surface area contributed by atoms with Crippen LogP contribution < -0.4 is 15.5 Å². The smallest absolute Gasteiger partial charge is 0.191 e. The van der Waals surface area contributed by atoms with Crippen molar-refractivity contribution in [3.05, 3.63) is 42.1 Å². The summed E-state index contributed by atoms with van der Waals surface area (Å²) in [5.41, 5.74) is 1.17. The van der Waals surface area contributed by atoms with Crippen LogP contribution in [-0.2, 0) is 6.54 Å². The van der Waals surface area contributed by atoms with Gasteiger partial charge in [-0.25, -0.2) is 9.37 Å². The minimum absolute atomic E-state index is 0.219. The van der Waals surface area contributed by atoms with Gasteiger partial charge in [0.1, 0.15) is 0 Å². The number of aliphatic imine (C=N–C) groups is 1. The lowest BCUT2D eigenvalue weighted by Crippen LogP contribution is -2.45. The Hall–Kier alpha value is -2.64. The molecule has 3 rings (SSSR count). The number of guanidine groups is 1. The summed E-state index contributed by atoms with van der Waals surface area (Å²) >= 11 is 0. The normalized spacial score (nSPS) is 17.6. The first-order valence-corrected chi connectivity index (χ1v) is 8.97. The van der Waals surface area contributed by atoms with Crippen molar-refractivity contribution in [3.63, 3.8) is 0 Å². The molecule has 0 aromatic carbocycles. The first-order chi connectivity index (χ1) is 12.7. The van der Waals surface area contributed by atoms with Gasteiger partial charge in [-0.15, -0.1) is 0 Å². The number of rotatable bonds is 6. The lowest BCUT2D eigenvalue weighted by molar-refractivity contribution is 0.565. The van der Waals surface area contributed by atoms with Crippen molar-refractivity contribution in [2.24, 2.45) is 4.99 Å². The van der Waals surface area contributed by atoms with E-state index in [0.29, 0.717) is 12.4 Å². The Balaban J connectivity index is 1.42. The van der Waals surface area contributed by atoms with Gasteiger partial charge in [0.15, 0.2) is 17.6 Å². The molecule has 3 heterocycles. The number of aromatic nitrogens is 3.